The van der Waals surface area contributed by atoms with Gasteiger partial charge in [-0.3, -0.25) is 0 Å². The first-order valence-electron chi connectivity index (χ1n) is 8.25. The van der Waals surface area contributed by atoms with E-state index in [1.165, 1.54) is 4.88 Å². The highest BCUT2D eigenvalue weighted by molar-refractivity contribution is 7.09. The Labute approximate surface area is 160 Å². The average Bonchev–Trinajstić information content (AvgIpc) is 3.16. The Balaban J connectivity index is 1.68. The average molecular weight is 381 g/mol. The van der Waals surface area contributed by atoms with Crippen LogP contribution in [0.2, 0.25) is 5.02 Å². The summed E-state index contributed by atoms with van der Waals surface area (Å²) < 4.78 is 0. The molecule has 26 heavy (non-hydrogen) atoms. The van der Waals surface area contributed by atoms with Gasteiger partial charge in [-0.25, -0.2) is 4.98 Å². The molecule has 2 aromatic carbocycles. The first-order chi connectivity index (χ1) is 12.7. The van der Waals surface area contributed by atoms with E-state index in [-0.39, 0.29) is 0 Å². The molecule has 0 radical (unpaired) electrons. The summed E-state index contributed by atoms with van der Waals surface area (Å²) in [5.74, 6) is 1.38. The van der Waals surface area contributed by atoms with Crippen LogP contribution >= 0.6 is 22.9 Å². The topological polar surface area (TPSA) is 49.8 Å². The predicted octanol–water partition coefficient (Wildman–Crippen LogP) is 6.01. The highest BCUT2D eigenvalue weighted by atomic mass is 35.5. The van der Waals surface area contributed by atoms with Gasteiger partial charge in [-0.05, 0) is 54.3 Å². The van der Waals surface area contributed by atoms with Crippen molar-refractivity contribution in [1.29, 1.82) is 0 Å². The molecule has 0 aliphatic carbocycles. The third-order valence-electron chi connectivity index (χ3n) is 4.05. The number of benzene rings is 2. The van der Waals surface area contributed by atoms with E-state index in [1.54, 1.807) is 11.3 Å². The lowest BCUT2D eigenvalue weighted by Gasteiger charge is -2.13. The molecule has 4 aromatic rings. The molecule has 0 unspecified atom stereocenters. The van der Waals surface area contributed by atoms with Gasteiger partial charge in [0, 0.05) is 21.0 Å². The number of rotatable bonds is 5. The summed E-state index contributed by atoms with van der Waals surface area (Å²) in [4.78, 5) is 10.6. The largest absolute Gasteiger partial charge is 0.364 e. The first-order valence-corrected chi connectivity index (χ1v) is 9.51. The fourth-order valence-electron chi connectivity index (χ4n) is 2.74. The number of hydrogen-bond donors (Lipinski definition) is 2. The number of nitrogens with one attached hydrogen (secondary N) is 2. The van der Waals surface area contributed by atoms with Crippen LogP contribution in [-0.4, -0.2) is 9.97 Å². The Morgan fingerprint density at radius 3 is 2.73 bits per heavy atom. The fourth-order valence-corrected chi connectivity index (χ4v) is 3.61. The number of fused-ring (bicyclic) bond motifs is 1. The standard InChI is InChI=1S/C20H17ClN4S/c1-13-11-14(21)8-9-17(13)23-20-24-18-7-3-2-6-16(18)19(25-20)22-12-15-5-4-10-26-15/h2-11H,12H2,1H3,(H2,22,23,24,25). The lowest BCUT2D eigenvalue weighted by Crippen LogP contribution is -2.05. The van der Waals surface area contributed by atoms with Crippen molar-refractivity contribution >= 4 is 51.3 Å². The molecule has 0 amide bonds. The molecule has 6 heteroatoms. The van der Waals surface area contributed by atoms with Gasteiger partial charge in [0.25, 0.3) is 0 Å². The van der Waals surface area contributed by atoms with Gasteiger partial charge in [0.05, 0.1) is 12.1 Å². The molecule has 2 aromatic heterocycles. The number of halogens is 1. The monoisotopic (exact) mass is 380 g/mol. The van der Waals surface area contributed by atoms with Crippen molar-refractivity contribution in [2.24, 2.45) is 0 Å². The summed E-state index contributed by atoms with van der Waals surface area (Å²) in [6.07, 6.45) is 0. The lowest BCUT2D eigenvalue weighted by molar-refractivity contribution is 1.13. The summed E-state index contributed by atoms with van der Waals surface area (Å²) >= 11 is 7.77. The number of aryl methyl sites for hydroxylation is 1. The van der Waals surface area contributed by atoms with Crippen LogP contribution in [0.4, 0.5) is 17.5 Å². The summed E-state index contributed by atoms with van der Waals surface area (Å²) in [6.45, 7) is 2.74. The first kappa shape index (κ1) is 16.8. The van der Waals surface area contributed by atoms with E-state index in [0.717, 1.165) is 34.5 Å². The van der Waals surface area contributed by atoms with Crippen molar-refractivity contribution in [2.75, 3.05) is 10.6 Å². The van der Waals surface area contributed by atoms with Gasteiger partial charge in [-0.15, -0.1) is 11.3 Å². The van der Waals surface area contributed by atoms with E-state index in [0.29, 0.717) is 11.0 Å². The Morgan fingerprint density at radius 1 is 1.04 bits per heavy atom. The number of aromatic nitrogens is 2. The molecule has 0 saturated carbocycles. The minimum absolute atomic E-state index is 0.558. The van der Waals surface area contributed by atoms with Gasteiger partial charge in [-0.1, -0.05) is 29.8 Å². The van der Waals surface area contributed by atoms with Gasteiger partial charge in [0.2, 0.25) is 5.95 Å². The number of thiophene rings is 1. The summed E-state index contributed by atoms with van der Waals surface area (Å²) in [7, 11) is 0. The van der Waals surface area contributed by atoms with Gasteiger partial charge in [0.15, 0.2) is 0 Å². The zero-order valence-electron chi connectivity index (χ0n) is 14.2. The smallest absolute Gasteiger partial charge is 0.229 e. The third-order valence-corrected chi connectivity index (χ3v) is 5.16. The second-order valence-corrected chi connectivity index (χ2v) is 7.40. The molecule has 130 valence electrons. The van der Waals surface area contributed by atoms with Crippen LogP contribution in [0.1, 0.15) is 10.4 Å². The molecule has 0 aliphatic rings. The minimum atomic E-state index is 0.558. The van der Waals surface area contributed by atoms with Gasteiger partial charge >= 0.3 is 0 Å². The van der Waals surface area contributed by atoms with Gasteiger partial charge in [0.1, 0.15) is 5.82 Å². The van der Waals surface area contributed by atoms with Crippen LogP contribution in [0.5, 0.6) is 0 Å². The normalized spacial score (nSPS) is 10.8. The second-order valence-electron chi connectivity index (χ2n) is 5.93. The Kier molecular flexibility index (Phi) is 4.73. The molecule has 4 nitrogen and oxygen atoms in total. The van der Waals surface area contributed by atoms with Gasteiger partial charge < -0.3 is 10.6 Å². The van der Waals surface area contributed by atoms with Crippen LogP contribution in [0, 0.1) is 6.92 Å². The zero-order chi connectivity index (χ0) is 17.9. The van der Waals surface area contributed by atoms with Crippen LogP contribution < -0.4 is 10.6 Å². The maximum atomic E-state index is 6.05. The lowest BCUT2D eigenvalue weighted by atomic mass is 10.2. The zero-order valence-corrected chi connectivity index (χ0v) is 15.7. The molecule has 2 heterocycles. The van der Waals surface area contributed by atoms with Crippen molar-refractivity contribution in [3.8, 4) is 0 Å². The quantitative estimate of drug-likeness (QED) is 0.445. The van der Waals surface area contributed by atoms with Crippen molar-refractivity contribution in [3.63, 3.8) is 0 Å². The Hall–Kier alpha value is -2.63. The number of anilines is 3. The van der Waals surface area contributed by atoms with E-state index in [4.69, 9.17) is 16.6 Å². The SMILES string of the molecule is Cc1cc(Cl)ccc1Nc1nc(NCc2cccs2)c2ccccc2n1. The molecule has 4 rings (SSSR count). The fraction of sp³-hybridized carbons (Fsp3) is 0.100. The molecule has 0 saturated heterocycles. The molecular weight excluding hydrogens is 364 g/mol. The maximum Gasteiger partial charge on any atom is 0.229 e. The number of para-hydroxylation sites is 1. The maximum absolute atomic E-state index is 6.05. The van der Waals surface area contributed by atoms with Gasteiger partial charge in [-0.2, -0.15) is 4.98 Å². The van der Waals surface area contributed by atoms with Crippen molar-refractivity contribution in [2.45, 2.75) is 13.5 Å². The Bertz CT molecular complexity index is 1050. The highest BCUT2D eigenvalue weighted by Gasteiger charge is 2.09. The van der Waals surface area contributed by atoms with Crippen LogP contribution in [0.3, 0.4) is 0 Å². The van der Waals surface area contributed by atoms with Crippen LogP contribution in [0.15, 0.2) is 60.0 Å². The molecule has 0 aliphatic heterocycles. The predicted molar refractivity (Wildman–Crippen MR) is 111 cm³/mol. The van der Waals surface area contributed by atoms with Crippen LogP contribution in [0.25, 0.3) is 10.9 Å². The molecule has 0 bridgehead atoms. The van der Waals surface area contributed by atoms with E-state index in [1.807, 2.05) is 49.4 Å². The summed E-state index contributed by atoms with van der Waals surface area (Å²) in [6, 6.07) is 17.9. The van der Waals surface area contributed by atoms with E-state index in [9.17, 15) is 0 Å². The molecule has 2 N–H and O–H groups in total. The van der Waals surface area contributed by atoms with E-state index >= 15 is 0 Å². The number of nitrogens with zero attached hydrogens (tertiary/aromatic N) is 2. The van der Waals surface area contributed by atoms with E-state index in [2.05, 4.69) is 33.1 Å². The summed E-state index contributed by atoms with van der Waals surface area (Å²) in [5, 5.41) is 10.5. The van der Waals surface area contributed by atoms with E-state index < -0.39 is 0 Å². The van der Waals surface area contributed by atoms with Crippen molar-refractivity contribution in [1.82, 2.24) is 9.97 Å². The summed E-state index contributed by atoms with van der Waals surface area (Å²) in [5.41, 5.74) is 2.88. The molecule has 0 spiro atoms. The molecular formula is C20H17ClN4S. The van der Waals surface area contributed by atoms with Crippen LogP contribution in [-0.2, 0) is 6.54 Å². The van der Waals surface area contributed by atoms with Crippen molar-refractivity contribution < 1.29 is 0 Å². The highest BCUT2D eigenvalue weighted by Crippen LogP contribution is 2.26. The minimum Gasteiger partial charge on any atom is -0.364 e. The number of hydrogen-bond acceptors (Lipinski definition) is 5. The second kappa shape index (κ2) is 7.32. The Morgan fingerprint density at radius 2 is 1.92 bits per heavy atom. The van der Waals surface area contributed by atoms with Crippen molar-refractivity contribution in [3.05, 3.63) is 75.4 Å². The molecule has 0 fully saturated rings. The molecule has 0 atom stereocenters. The third kappa shape index (κ3) is 3.64.